The van der Waals surface area contributed by atoms with Crippen molar-refractivity contribution in [3.05, 3.63) is 46.5 Å². The quantitative estimate of drug-likeness (QED) is 0.749. The predicted octanol–water partition coefficient (Wildman–Crippen LogP) is 4.51. The van der Waals surface area contributed by atoms with Crippen LogP contribution in [0.5, 0.6) is 0 Å². The minimum atomic E-state index is 0.313. The van der Waals surface area contributed by atoms with E-state index in [9.17, 15) is 0 Å². The van der Waals surface area contributed by atoms with Crippen LogP contribution in [-0.4, -0.2) is 36.2 Å². The molecule has 1 aromatic carbocycles. The zero-order valence-electron chi connectivity index (χ0n) is 12.6. The third kappa shape index (κ3) is 2.32. The number of hydrogen-bond acceptors (Lipinski definition) is 2. The average molecular weight is 338 g/mol. The van der Waals surface area contributed by atoms with E-state index >= 15 is 0 Å². The van der Waals surface area contributed by atoms with Gasteiger partial charge in [-0.3, -0.25) is 4.90 Å². The van der Waals surface area contributed by atoms with Gasteiger partial charge in [-0.1, -0.05) is 35.3 Å². The van der Waals surface area contributed by atoms with Gasteiger partial charge in [0.2, 0.25) is 0 Å². The highest BCUT2D eigenvalue weighted by Gasteiger charge is 2.55. The fourth-order valence-corrected chi connectivity index (χ4v) is 5.23. The van der Waals surface area contributed by atoms with Crippen LogP contribution in [-0.2, 0) is 4.74 Å². The van der Waals surface area contributed by atoms with E-state index in [1.807, 2.05) is 12.1 Å². The van der Waals surface area contributed by atoms with Gasteiger partial charge >= 0.3 is 0 Å². The van der Waals surface area contributed by atoms with Crippen molar-refractivity contribution < 1.29 is 4.74 Å². The predicted molar refractivity (Wildman–Crippen MR) is 90.8 cm³/mol. The van der Waals surface area contributed by atoms with Gasteiger partial charge in [0.1, 0.15) is 0 Å². The summed E-state index contributed by atoms with van der Waals surface area (Å²) in [5.41, 5.74) is 1.32. The van der Waals surface area contributed by atoms with Gasteiger partial charge in [0.05, 0.1) is 22.8 Å². The van der Waals surface area contributed by atoms with Crippen molar-refractivity contribution in [1.29, 1.82) is 0 Å². The molecule has 3 saturated heterocycles. The molecular weight excluding hydrogens is 317 g/mol. The molecule has 6 unspecified atom stereocenters. The first-order valence-corrected chi connectivity index (χ1v) is 8.88. The highest BCUT2D eigenvalue weighted by molar-refractivity contribution is 6.42. The van der Waals surface area contributed by atoms with Crippen LogP contribution in [0.15, 0.2) is 30.9 Å². The summed E-state index contributed by atoms with van der Waals surface area (Å²) in [6.07, 6.45) is 6.01. The van der Waals surface area contributed by atoms with Crippen molar-refractivity contribution in [2.75, 3.05) is 13.2 Å². The van der Waals surface area contributed by atoms with Gasteiger partial charge in [0.25, 0.3) is 0 Å². The molecule has 4 heteroatoms. The van der Waals surface area contributed by atoms with Crippen molar-refractivity contribution >= 4 is 23.2 Å². The Labute approximate surface area is 142 Å². The van der Waals surface area contributed by atoms with Gasteiger partial charge in [-0.2, -0.15) is 0 Å². The highest BCUT2D eigenvalue weighted by atomic mass is 35.5. The summed E-state index contributed by atoms with van der Waals surface area (Å²) in [7, 11) is 0. The Morgan fingerprint density at radius 1 is 1.27 bits per heavy atom. The van der Waals surface area contributed by atoms with Crippen LogP contribution in [0.1, 0.15) is 30.7 Å². The standard InChI is InChI=1S/C18H21Cl2NO/c1-2-7-22-17-10-21-12-4-6-16(21)18(17)13(9-12)11-3-5-14(19)15(20)8-11/h2-3,5,8,12-13,16-18H,1,4,6-7,9-10H2. The van der Waals surface area contributed by atoms with E-state index in [0.29, 0.717) is 46.7 Å². The monoisotopic (exact) mass is 337 g/mol. The van der Waals surface area contributed by atoms with E-state index in [0.717, 1.165) is 6.54 Å². The number of piperidine rings is 1. The Kier molecular flexibility index (Phi) is 3.98. The zero-order valence-corrected chi connectivity index (χ0v) is 14.1. The molecular formula is C18H21Cl2NO. The molecule has 3 heterocycles. The lowest BCUT2D eigenvalue weighted by Crippen LogP contribution is -2.41. The second-order valence-corrected chi connectivity index (χ2v) is 7.56. The summed E-state index contributed by atoms with van der Waals surface area (Å²) in [5.74, 6) is 1.09. The van der Waals surface area contributed by atoms with Crippen molar-refractivity contribution in [1.82, 2.24) is 4.90 Å². The highest BCUT2D eigenvalue weighted by Crippen LogP contribution is 2.53. The van der Waals surface area contributed by atoms with Crippen LogP contribution in [0.2, 0.25) is 10.0 Å². The topological polar surface area (TPSA) is 12.5 Å². The van der Waals surface area contributed by atoms with Gasteiger partial charge in [-0.25, -0.2) is 0 Å². The van der Waals surface area contributed by atoms with Crippen LogP contribution >= 0.6 is 23.2 Å². The maximum absolute atomic E-state index is 6.26. The lowest BCUT2D eigenvalue weighted by Gasteiger charge is -2.38. The Morgan fingerprint density at radius 3 is 2.91 bits per heavy atom. The molecule has 6 atom stereocenters. The first-order chi connectivity index (χ1) is 10.7. The Bertz CT molecular complexity index is 590. The smallest absolute Gasteiger partial charge is 0.0755 e. The lowest BCUT2D eigenvalue weighted by molar-refractivity contribution is 0.0426. The molecule has 2 nitrogen and oxygen atoms in total. The molecule has 0 saturated carbocycles. The van der Waals surface area contributed by atoms with Crippen molar-refractivity contribution in [3.63, 3.8) is 0 Å². The molecule has 3 aliphatic rings. The van der Waals surface area contributed by atoms with E-state index in [1.54, 1.807) is 0 Å². The molecule has 118 valence electrons. The molecule has 4 bridgehead atoms. The fourth-order valence-electron chi connectivity index (χ4n) is 4.93. The molecule has 0 amide bonds. The Balaban J connectivity index is 1.66. The summed E-state index contributed by atoms with van der Waals surface area (Å²) in [5, 5.41) is 1.30. The third-order valence-electron chi connectivity index (χ3n) is 5.75. The van der Waals surface area contributed by atoms with E-state index in [1.165, 1.54) is 24.8 Å². The summed E-state index contributed by atoms with van der Waals surface area (Å²) in [6.45, 7) is 5.50. The Hall–Kier alpha value is -0.540. The van der Waals surface area contributed by atoms with Gasteiger partial charge in [0, 0.05) is 24.5 Å². The summed E-state index contributed by atoms with van der Waals surface area (Å²) in [6, 6.07) is 7.52. The van der Waals surface area contributed by atoms with Gasteiger partial charge in [-0.05, 0) is 42.9 Å². The largest absolute Gasteiger partial charge is 0.372 e. The second-order valence-electron chi connectivity index (χ2n) is 6.75. The Morgan fingerprint density at radius 2 is 2.14 bits per heavy atom. The number of rotatable bonds is 4. The minimum absolute atomic E-state index is 0.313. The molecule has 0 spiro atoms. The summed E-state index contributed by atoms with van der Waals surface area (Å²) >= 11 is 12.3. The van der Waals surface area contributed by atoms with Gasteiger partial charge < -0.3 is 4.74 Å². The van der Waals surface area contributed by atoms with E-state index in [2.05, 4.69) is 23.6 Å². The van der Waals surface area contributed by atoms with Crippen LogP contribution in [0.3, 0.4) is 0 Å². The number of hydrogen-bond donors (Lipinski definition) is 0. The number of benzene rings is 1. The number of halogens is 2. The first-order valence-electron chi connectivity index (χ1n) is 8.12. The average Bonchev–Trinajstić information content (AvgIpc) is 2.93. The van der Waals surface area contributed by atoms with Crippen LogP contribution in [0, 0.1) is 5.92 Å². The molecule has 3 aliphatic heterocycles. The van der Waals surface area contributed by atoms with E-state index in [-0.39, 0.29) is 0 Å². The van der Waals surface area contributed by atoms with E-state index < -0.39 is 0 Å². The maximum atomic E-state index is 6.26. The van der Waals surface area contributed by atoms with Crippen LogP contribution in [0.4, 0.5) is 0 Å². The zero-order chi connectivity index (χ0) is 15.3. The molecule has 22 heavy (non-hydrogen) atoms. The molecule has 3 fully saturated rings. The second kappa shape index (κ2) is 5.83. The molecule has 4 rings (SSSR count). The van der Waals surface area contributed by atoms with Crippen molar-refractivity contribution in [3.8, 4) is 0 Å². The molecule has 0 radical (unpaired) electrons. The number of nitrogens with zero attached hydrogens (tertiary/aromatic N) is 1. The van der Waals surface area contributed by atoms with Gasteiger partial charge in [-0.15, -0.1) is 6.58 Å². The van der Waals surface area contributed by atoms with Crippen LogP contribution < -0.4 is 0 Å². The normalized spacial score (nSPS) is 39.2. The number of ether oxygens (including phenoxy) is 1. The van der Waals surface area contributed by atoms with E-state index in [4.69, 9.17) is 27.9 Å². The molecule has 0 aromatic heterocycles. The molecule has 0 N–H and O–H groups in total. The van der Waals surface area contributed by atoms with Crippen molar-refractivity contribution in [2.24, 2.45) is 5.92 Å². The third-order valence-corrected chi connectivity index (χ3v) is 6.48. The SMILES string of the molecule is C=CCOC1CN2C3CCC2C1C(c1ccc(Cl)c(Cl)c1)C3. The fraction of sp³-hybridized carbons (Fsp3) is 0.556. The van der Waals surface area contributed by atoms with Gasteiger partial charge in [0.15, 0.2) is 0 Å². The lowest BCUT2D eigenvalue weighted by atomic mass is 9.76. The summed E-state index contributed by atoms with van der Waals surface area (Å²) in [4.78, 5) is 2.69. The maximum Gasteiger partial charge on any atom is 0.0755 e. The minimum Gasteiger partial charge on any atom is -0.372 e. The first kappa shape index (κ1) is 15.0. The molecule has 0 aliphatic carbocycles. The van der Waals surface area contributed by atoms with Crippen molar-refractivity contribution in [2.45, 2.75) is 43.4 Å². The molecule has 1 aromatic rings. The van der Waals surface area contributed by atoms with Crippen LogP contribution in [0.25, 0.3) is 0 Å². The summed E-state index contributed by atoms with van der Waals surface area (Å²) < 4.78 is 6.11.